The highest BCUT2D eigenvalue weighted by Crippen LogP contribution is 2.40. The first-order chi connectivity index (χ1) is 14.1. The zero-order valence-electron chi connectivity index (χ0n) is 16.0. The molecule has 0 amide bonds. The molecule has 0 aliphatic carbocycles. The Balaban J connectivity index is 1.74. The molecule has 9 heteroatoms. The Morgan fingerprint density at radius 2 is 2.21 bits per heavy atom. The molecule has 3 heterocycles. The van der Waals surface area contributed by atoms with E-state index in [1.807, 2.05) is 13.0 Å². The predicted octanol–water partition coefficient (Wildman–Crippen LogP) is 2.23. The number of rotatable bonds is 5. The van der Waals surface area contributed by atoms with Crippen molar-refractivity contribution in [1.29, 1.82) is 5.26 Å². The van der Waals surface area contributed by atoms with E-state index in [9.17, 15) is 10.4 Å². The Morgan fingerprint density at radius 3 is 2.97 bits per heavy atom. The number of nitriles is 1. The van der Waals surface area contributed by atoms with E-state index in [2.05, 4.69) is 36.6 Å². The van der Waals surface area contributed by atoms with Crippen molar-refractivity contribution in [1.82, 2.24) is 19.9 Å². The fourth-order valence-corrected chi connectivity index (χ4v) is 3.31. The minimum Gasteiger partial charge on any atom is -0.480 e. The topological polar surface area (TPSA) is 129 Å². The minimum absolute atomic E-state index is 0.0356. The van der Waals surface area contributed by atoms with Crippen LogP contribution in [0.5, 0.6) is 5.88 Å². The molecule has 9 nitrogen and oxygen atoms in total. The number of benzene rings is 1. The Bertz CT molecular complexity index is 1110. The predicted molar refractivity (Wildman–Crippen MR) is 107 cm³/mol. The van der Waals surface area contributed by atoms with Crippen molar-refractivity contribution in [2.75, 3.05) is 30.9 Å². The van der Waals surface area contributed by atoms with E-state index in [1.54, 1.807) is 24.4 Å². The van der Waals surface area contributed by atoms with Crippen molar-refractivity contribution in [3.8, 4) is 23.3 Å². The summed E-state index contributed by atoms with van der Waals surface area (Å²) >= 11 is 0. The van der Waals surface area contributed by atoms with Gasteiger partial charge in [-0.2, -0.15) is 10.2 Å². The molecule has 0 radical (unpaired) electrons. The van der Waals surface area contributed by atoms with E-state index < -0.39 is 5.41 Å². The number of fused-ring (bicyclic) bond motifs is 1. The van der Waals surface area contributed by atoms with Crippen LogP contribution >= 0.6 is 0 Å². The van der Waals surface area contributed by atoms with Crippen molar-refractivity contribution in [2.24, 2.45) is 0 Å². The highest BCUT2D eigenvalue weighted by molar-refractivity contribution is 5.75. The number of ether oxygens (including phenoxy) is 1. The summed E-state index contributed by atoms with van der Waals surface area (Å²) in [6.45, 7) is 2.47. The van der Waals surface area contributed by atoms with Gasteiger partial charge in [-0.3, -0.25) is 0 Å². The standard InChI is InChI=1S/C20H19N7O2/c1-20(10-28)9-23-16-13(8-21)6-12(7-14(16)20)17-24-11-25-19(27-17)26-15-4-3-5-22-18(15)29-2/h3-7,11,23,28H,9-10H2,1-2H3,(H,24,25,26,27)/t20-/m1/s1. The van der Waals surface area contributed by atoms with Crippen LogP contribution in [0.2, 0.25) is 0 Å². The molecule has 0 bridgehead atoms. The lowest BCUT2D eigenvalue weighted by atomic mass is 9.84. The van der Waals surface area contributed by atoms with E-state index in [1.165, 1.54) is 13.4 Å². The molecule has 1 aliphatic rings. The first-order valence-corrected chi connectivity index (χ1v) is 8.97. The average Bonchev–Trinajstić information content (AvgIpc) is 3.11. The molecule has 0 fully saturated rings. The summed E-state index contributed by atoms with van der Waals surface area (Å²) in [4.78, 5) is 17.0. The molecule has 0 saturated carbocycles. The smallest absolute Gasteiger partial charge is 0.237 e. The molecule has 1 atom stereocenters. The normalized spacial score (nSPS) is 17.2. The maximum Gasteiger partial charge on any atom is 0.237 e. The zero-order chi connectivity index (χ0) is 20.4. The van der Waals surface area contributed by atoms with Crippen molar-refractivity contribution < 1.29 is 9.84 Å². The van der Waals surface area contributed by atoms with Crippen LogP contribution in [0.15, 0.2) is 36.8 Å². The minimum atomic E-state index is -0.478. The first-order valence-electron chi connectivity index (χ1n) is 8.97. The van der Waals surface area contributed by atoms with Gasteiger partial charge in [-0.1, -0.05) is 6.92 Å². The second-order valence-corrected chi connectivity index (χ2v) is 6.95. The van der Waals surface area contributed by atoms with E-state index in [0.29, 0.717) is 41.0 Å². The molecule has 0 saturated heterocycles. The van der Waals surface area contributed by atoms with Crippen LogP contribution in [0.1, 0.15) is 18.1 Å². The third kappa shape index (κ3) is 3.30. The van der Waals surface area contributed by atoms with Crippen molar-refractivity contribution in [2.45, 2.75) is 12.3 Å². The molecule has 0 unspecified atom stereocenters. The molecular weight excluding hydrogens is 370 g/mol. The molecule has 2 aromatic heterocycles. The Morgan fingerprint density at radius 1 is 1.34 bits per heavy atom. The Kier molecular flexibility index (Phi) is 4.70. The fourth-order valence-electron chi connectivity index (χ4n) is 3.31. The number of aliphatic hydroxyl groups is 1. The average molecular weight is 389 g/mol. The van der Waals surface area contributed by atoms with Crippen molar-refractivity contribution in [3.63, 3.8) is 0 Å². The lowest BCUT2D eigenvalue weighted by molar-refractivity contribution is 0.219. The molecule has 0 spiro atoms. The summed E-state index contributed by atoms with van der Waals surface area (Å²) in [6.07, 6.45) is 3.03. The summed E-state index contributed by atoms with van der Waals surface area (Å²) in [5, 5.41) is 25.7. The first kappa shape index (κ1) is 18.6. The molecular formula is C20H19N7O2. The van der Waals surface area contributed by atoms with Crippen LogP contribution in [0.4, 0.5) is 17.3 Å². The second kappa shape index (κ2) is 7.33. The van der Waals surface area contributed by atoms with Gasteiger partial charge >= 0.3 is 0 Å². The fraction of sp³-hybridized carbons (Fsp3) is 0.250. The van der Waals surface area contributed by atoms with Gasteiger partial charge in [0.15, 0.2) is 5.82 Å². The summed E-state index contributed by atoms with van der Waals surface area (Å²) in [7, 11) is 1.53. The highest BCUT2D eigenvalue weighted by Gasteiger charge is 2.36. The lowest BCUT2D eigenvalue weighted by Crippen LogP contribution is -2.28. The van der Waals surface area contributed by atoms with Crippen LogP contribution in [-0.2, 0) is 5.41 Å². The SMILES string of the molecule is COc1ncccc1Nc1ncnc(-c2cc(C#N)c3c(c2)[C@@](C)(CO)CN3)n1. The Labute approximate surface area is 167 Å². The number of hydrogen-bond donors (Lipinski definition) is 3. The number of aromatic nitrogens is 4. The van der Waals surface area contributed by atoms with E-state index in [0.717, 1.165) is 11.3 Å². The maximum absolute atomic E-state index is 9.86. The Hall–Kier alpha value is -3.77. The van der Waals surface area contributed by atoms with Crippen LogP contribution in [-0.4, -0.2) is 45.3 Å². The van der Waals surface area contributed by atoms with Crippen molar-refractivity contribution >= 4 is 17.3 Å². The number of methoxy groups -OCH3 is 1. The third-order valence-corrected chi connectivity index (χ3v) is 4.95. The van der Waals surface area contributed by atoms with Gasteiger partial charge in [-0.05, 0) is 29.8 Å². The lowest BCUT2D eigenvalue weighted by Gasteiger charge is -2.21. The third-order valence-electron chi connectivity index (χ3n) is 4.95. The number of aliphatic hydroxyl groups excluding tert-OH is 1. The van der Waals surface area contributed by atoms with Gasteiger partial charge in [0, 0.05) is 23.7 Å². The van der Waals surface area contributed by atoms with E-state index in [4.69, 9.17) is 4.74 Å². The summed E-state index contributed by atoms with van der Waals surface area (Å²) in [6, 6.07) is 9.44. The van der Waals surface area contributed by atoms with Gasteiger partial charge in [0.05, 0.1) is 25.0 Å². The number of nitrogens with one attached hydrogen (secondary N) is 2. The van der Waals surface area contributed by atoms with Gasteiger partial charge < -0.3 is 20.5 Å². The van der Waals surface area contributed by atoms with Gasteiger partial charge in [0.1, 0.15) is 18.1 Å². The van der Waals surface area contributed by atoms with Gasteiger partial charge in [-0.15, -0.1) is 0 Å². The monoisotopic (exact) mass is 389 g/mol. The number of hydrogen-bond acceptors (Lipinski definition) is 9. The highest BCUT2D eigenvalue weighted by atomic mass is 16.5. The molecule has 29 heavy (non-hydrogen) atoms. The summed E-state index contributed by atoms with van der Waals surface area (Å²) in [5.41, 5.74) is 2.92. The van der Waals surface area contributed by atoms with Gasteiger partial charge in [0.2, 0.25) is 11.8 Å². The largest absolute Gasteiger partial charge is 0.480 e. The molecule has 1 aliphatic heterocycles. The van der Waals surface area contributed by atoms with Crippen LogP contribution in [0.25, 0.3) is 11.4 Å². The molecule has 4 rings (SSSR count). The van der Waals surface area contributed by atoms with Gasteiger partial charge in [0.25, 0.3) is 0 Å². The number of pyridine rings is 1. The summed E-state index contributed by atoms with van der Waals surface area (Å²) < 4.78 is 5.24. The van der Waals surface area contributed by atoms with Crippen LogP contribution < -0.4 is 15.4 Å². The number of anilines is 3. The quantitative estimate of drug-likeness (QED) is 0.601. The zero-order valence-corrected chi connectivity index (χ0v) is 16.0. The second-order valence-electron chi connectivity index (χ2n) is 6.95. The van der Waals surface area contributed by atoms with E-state index >= 15 is 0 Å². The molecule has 3 N–H and O–H groups in total. The molecule has 3 aromatic rings. The van der Waals surface area contributed by atoms with Gasteiger partial charge in [-0.25, -0.2) is 15.0 Å². The van der Waals surface area contributed by atoms with Crippen LogP contribution in [0, 0.1) is 11.3 Å². The molecule has 146 valence electrons. The maximum atomic E-state index is 9.86. The molecule has 1 aromatic carbocycles. The summed E-state index contributed by atoms with van der Waals surface area (Å²) in [5.74, 6) is 1.16. The van der Waals surface area contributed by atoms with Crippen LogP contribution in [0.3, 0.4) is 0 Å². The number of nitrogens with zero attached hydrogens (tertiary/aromatic N) is 5. The van der Waals surface area contributed by atoms with Crippen molar-refractivity contribution in [3.05, 3.63) is 47.9 Å². The van der Waals surface area contributed by atoms with E-state index in [-0.39, 0.29) is 6.61 Å².